The number of benzene rings is 3. The van der Waals surface area contributed by atoms with E-state index in [1.54, 1.807) is 28.8 Å². The van der Waals surface area contributed by atoms with E-state index < -0.39 is 0 Å². The molecule has 3 aromatic carbocycles. The lowest BCUT2D eigenvalue weighted by Gasteiger charge is -2.13. The third kappa shape index (κ3) is 3.11. The molecule has 0 amide bonds. The number of aryl methyl sites for hydroxylation is 1. The number of aromatic nitrogens is 7. The Hall–Kier alpha value is -4.31. The van der Waals surface area contributed by atoms with Crippen LogP contribution in [0.25, 0.3) is 33.3 Å². The van der Waals surface area contributed by atoms with E-state index >= 15 is 0 Å². The van der Waals surface area contributed by atoms with E-state index in [2.05, 4.69) is 20.5 Å². The van der Waals surface area contributed by atoms with Gasteiger partial charge in [-0.25, -0.2) is 4.57 Å². The zero-order chi connectivity index (χ0) is 23.2. The summed E-state index contributed by atoms with van der Waals surface area (Å²) in [6.07, 6.45) is 0. The Labute approximate surface area is 196 Å². The Morgan fingerprint density at radius 1 is 0.794 bits per heavy atom. The maximum Gasteiger partial charge on any atom is 0.278 e. The second-order valence-electron chi connectivity index (χ2n) is 7.75. The molecule has 6 aromatic rings. The van der Waals surface area contributed by atoms with E-state index in [9.17, 15) is 9.59 Å². The summed E-state index contributed by atoms with van der Waals surface area (Å²) in [6.45, 7) is 1.95. The third-order valence-electron chi connectivity index (χ3n) is 5.70. The summed E-state index contributed by atoms with van der Waals surface area (Å²) in [5.41, 5.74) is 2.53. The number of rotatable bonds is 4. The van der Waals surface area contributed by atoms with Crippen LogP contribution >= 0.6 is 11.8 Å². The molecule has 0 atom stereocenters. The first-order valence-corrected chi connectivity index (χ1v) is 11.5. The Bertz CT molecular complexity index is 1840. The summed E-state index contributed by atoms with van der Waals surface area (Å²) >= 11 is 1.30. The summed E-state index contributed by atoms with van der Waals surface area (Å²) in [4.78, 5) is 26.3. The van der Waals surface area contributed by atoms with Gasteiger partial charge in [0, 0.05) is 0 Å². The minimum absolute atomic E-state index is 0.169. The van der Waals surface area contributed by atoms with Gasteiger partial charge in [-0.15, -0.1) is 15.3 Å². The molecule has 6 rings (SSSR count). The molecule has 9 nitrogen and oxygen atoms in total. The molecule has 0 aliphatic rings. The van der Waals surface area contributed by atoms with Gasteiger partial charge in [0.2, 0.25) is 5.78 Å². The van der Waals surface area contributed by atoms with Crippen LogP contribution in [0.4, 0.5) is 0 Å². The number of nitrogens with zero attached hydrogens (tertiary/aromatic N) is 7. The lowest BCUT2D eigenvalue weighted by Crippen LogP contribution is -2.23. The molecule has 0 saturated carbocycles. The fourth-order valence-corrected chi connectivity index (χ4v) is 4.84. The first-order valence-electron chi connectivity index (χ1n) is 10.5. The zero-order valence-corrected chi connectivity index (χ0v) is 18.8. The highest BCUT2D eigenvalue weighted by atomic mass is 32.2. The minimum atomic E-state index is -0.228. The average Bonchev–Trinajstić information content (AvgIpc) is 3.29. The van der Waals surface area contributed by atoms with Crippen molar-refractivity contribution in [3.05, 3.63) is 99.1 Å². The monoisotopic (exact) mass is 467 g/mol. The van der Waals surface area contributed by atoms with Gasteiger partial charge in [0.05, 0.1) is 27.9 Å². The molecule has 3 aromatic heterocycles. The molecule has 0 spiro atoms. The molecule has 0 fully saturated rings. The van der Waals surface area contributed by atoms with Gasteiger partial charge in [-0.3, -0.25) is 14.0 Å². The lowest BCUT2D eigenvalue weighted by atomic mass is 10.2. The van der Waals surface area contributed by atoms with Crippen LogP contribution in [0.2, 0.25) is 0 Å². The van der Waals surface area contributed by atoms with Crippen molar-refractivity contribution >= 4 is 39.3 Å². The number of fused-ring (bicyclic) bond motifs is 4. The quantitative estimate of drug-likeness (QED) is 0.367. The predicted octanol–water partition coefficient (Wildman–Crippen LogP) is 3.20. The van der Waals surface area contributed by atoms with Gasteiger partial charge >= 0.3 is 0 Å². The van der Waals surface area contributed by atoms with Gasteiger partial charge in [0.1, 0.15) is 5.52 Å². The molecule has 0 N–H and O–H groups in total. The third-order valence-corrected chi connectivity index (χ3v) is 6.59. The van der Waals surface area contributed by atoms with Crippen LogP contribution in [0.15, 0.2) is 87.5 Å². The van der Waals surface area contributed by atoms with Crippen molar-refractivity contribution in [1.82, 2.24) is 34.2 Å². The molecule has 0 radical (unpaired) electrons. The molecule has 0 aliphatic heterocycles. The Morgan fingerprint density at radius 2 is 1.53 bits per heavy atom. The van der Waals surface area contributed by atoms with Crippen molar-refractivity contribution in [2.45, 2.75) is 18.0 Å². The number of thioether (sulfide) groups is 1. The van der Waals surface area contributed by atoms with Crippen molar-refractivity contribution in [2.75, 3.05) is 0 Å². The van der Waals surface area contributed by atoms with Crippen LogP contribution in [0.1, 0.15) is 5.56 Å². The highest BCUT2D eigenvalue weighted by Crippen LogP contribution is 2.24. The molecule has 3 heterocycles. The standard InChI is InChI=1S/C24H17N7O2S/c1-15-8-2-6-12-19(15)30-22(33)17-10-4-7-13-20(17)31-23(30)26-27-24(31)34-14-29-21(32)16-9-3-5-11-18(16)25-28-29/h2-13H,14H2,1H3. The Morgan fingerprint density at radius 3 is 2.38 bits per heavy atom. The fraction of sp³-hybridized carbons (Fsp3) is 0.0833. The van der Waals surface area contributed by atoms with Crippen molar-refractivity contribution < 1.29 is 0 Å². The first-order chi connectivity index (χ1) is 16.6. The largest absolute Gasteiger partial charge is 0.278 e. The molecule has 34 heavy (non-hydrogen) atoms. The molecule has 0 saturated heterocycles. The second-order valence-corrected chi connectivity index (χ2v) is 8.66. The summed E-state index contributed by atoms with van der Waals surface area (Å²) < 4.78 is 4.72. The smallest absolute Gasteiger partial charge is 0.268 e. The van der Waals surface area contributed by atoms with Gasteiger partial charge in [-0.2, -0.15) is 4.68 Å². The zero-order valence-electron chi connectivity index (χ0n) is 18.0. The lowest BCUT2D eigenvalue weighted by molar-refractivity contribution is 0.643. The van der Waals surface area contributed by atoms with Crippen molar-refractivity contribution in [3.8, 4) is 5.69 Å². The van der Waals surface area contributed by atoms with Gasteiger partial charge in [0.15, 0.2) is 5.16 Å². The van der Waals surface area contributed by atoms with Crippen LogP contribution in [0.3, 0.4) is 0 Å². The van der Waals surface area contributed by atoms with Crippen LogP contribution in [0.5, 0.6) is 0 Å². The molecule has 0 aliphatic carbocycles. The second kappa shape index (κ2) is 7.92. The van der Waals surface area contributed by atoms with E-state index in [1.165, 1.54) is 16.4 Å². The topological polar surface area (TPSA) is 100.0 Å². The van der Waals surface area contributed by atoms with Crippen LogP contribution < -0.4 is 11.1 Å². The highest BCUT2D eigenvalue weighted by Gasteiger charge is 2.19. The number of hydrogen-bond acceptors (Lipinski definition) is 7. The van der Waals surface area contributed by atoms with Crippen LogP contribution in [-0.2, 0) is 5.88 Å². The van der Waals surface area contributed by atoms with Crippen LogP contribution in [0, 0.1) is 6.92 Å². The van der Waals surface area contributed by atoms with Gasteiger partial charge in [-0.05, 0) is 42.8 Å². The van der Waals surface area contributed by atoms with E-state index in [0.717, 1.165) is 11.3 Å². The SMILES string of the molecule is Cc1ccccc1-n1c(=O)c2ccccc2n2c(SCn3nnc4ccccc4c3=O)nnc12. The van der Waals surface area contributed by atoms with Gasteiger partial charge in [-0.1, -0.05) is 59.4 Å². The minimum Gasteiger partial charge on any atom is -0.268 e. The Balaban J connectivity index is 1.52. The highest BCUT2D eigenvalue weighted by molar-refractivity contribution is 7.98. The van der Waals surface area contributed by atoms with E-state index in [-0.39, 0.29) is 17.0 Å². The maximum absolute atomic E-state index is 13.5. The molecular weight excluding hydrogens is 450 g/mol. The fourth-order valence-electron chi connectivity index (χ4n) is 4.03. The molecular formula is C24H17N7O2S. The summed E-state index contributed by atoms with van der Waals surface area (Å²) in [7, 11) is 0. The van der Waals surface area contributed by atoms with Crippen molar-refractivity contribution in [2.24, 2.45) is 0 Å². The molecule has 10 heteroatoms. The molecule has 0 unspecified atom stereocenters. The van der Waals surface area contributed by atoms with Crippen LogP contribution in [-0.4, -0.2) is 34.2 Å². The summed E-state index contributed by atoms with van der Waals surface area (Å²) in [6, 6.07) is 22.1. The normalized spacial score (nSPS) is 11.6. The molecule has 166 valence electrons. The average molecular weight is 468 g/mol. The maximum atomic E-state index is 13.5. The number of para-hydroxylation sites is 2. The van der Waals surface area contributed by atoms with Crippen molar-refractivity contribution in [1.29, 1.82) is 0 Å². The van der Waals surface area contributed by atoms with Crippen molar-refractivity contribution in [3.63, 3.8) is 0 Å². The van der Waals surface area contributed by atoms with E-state index in [0.29, 0.717) is 32.7 Å². The predicted molar refractivity (Wildman–Crippen MR) is 130 cm³/mol. The van der Waals surface area contributed by atoms with Gasteiger partial charge < -0.3 is 0 Å². The Kier molecular flexibility index (Phi) is 4.73. The van der Waals surface area contributed by atoms with E-state index in [4.69, 9.17) is 0 Å². The molecule has 0 bridgehead atoms. The van der Waals surface area contributed by atoms with E-state index in [1.807, 2.05) is 59.9 Å². The first kappa shape index (κ1) is 20.3. The van der Waals surface area contributed by atoms with Gasteiger partial charge in [0.25, 0.3) is 11.1 Å². The summed E-state index contributed by atoms with van der Waals surface area (Å²) in [5.74, 6) is 0.590. The number of hydrogen-bond donors (Lipinski definition) is 0. The summed E-state index contributed by atoms with van der Waals surface area (Å²) in [5, 5.41) is 18.5.